The van der Waals surface area contributed by atoms with Crippen LogP contribution in [-0.4, -0.2) is 5.24 Å². The first-order chi connectivity index (χ1) is 6.75. The molecule has 0 saturated heterocycles. The second-order valence-corrected chi connectivity index (χ2v) is 3.28. The molecule has 1 rings (SSSR count). The summed E-state index contributed by atoms with van der Waals surface area (Å²) < 4.78 is 49.7. The number of halogens is 6. The second kappa shape index (κ2) is 3.98. The standard InChI is InChI=1S/C8H2Cl2F4O/c9-5-4(8(12,13)14)2-1-3(6(5)11)7(10)15/h1-2H. The Morgan fingerprint density at radius 3 is 2.20 bits per heavy atom. The molecule has 0 spiro atoms. The molecular formula is C8H2Cl2F4O. The summed E-state index contributed by atoms with van der Waals surface area (Å²) in [6, 6.07) is 1.14. The van der Waals surface area contributed by atoms with E-state index in [1.165, 1.54) is 0 Å². The van der Waals surface area contributed by atoms with Crippen molar-refractivity contribution in [3.8, 4) is 0 Å². The van der Waals surface area contributed by atoms with Gasteiger partial charge in [-0.3, -0.25) is 4.79 Å². The van der Waals surface area contributed by atoms with E-state index < -0.39 is 33.4 Å². The summed E-state index contributed by atoms with van der Waals surface area (Å²) in [5.41, 5.74) is -2.03. The zero-order valence-corrected chi connectivity index (χ0v) is 8.34. The van der Waals surface area contributed by atoms with Crippen LogP contribution in [0.5, 0.6) is 0 Å². The predicted octanol–water partition coefficient (Wildman–Crippen LogP) is 3.88. The van der Waals surface area contributed by atoms with Crippen LogP contribution < -0.4 is 0 Å². The highest BCUT2D eigenvalue weighted by Gasteiger charge is 2.35. The molecule has 82 valence electrons. The van der Waals surface area contributed by atoms with E-state index in [-0.39, 0.29) is 0 Å². The van der Waals surface area contributed by atoms with Crippen LogP contribution in [-0.2, 0) is 6.18 Å². The van der Waals surface area contributed by atoms with Crippen LogP contribution in [0.1, 0.15) is 15.9 Å². The molecule has 0 aliphatic carbocycles. The number of hydrogen-bond acceptors (Lipinski definition) is 1. The van der Waals surface area contributed by atoms with Crippen molar-refractivity contribution in [1.29, 1.82) is 0 Å². The number of benzene rings is 1. The van der Waals surface area contributed by atoms with Gasteiger partial charge < -0.3 is 0 Å². The third-order valence-corrected chi connectivity index (χ3v) is 2.17. The van der Waals surface area contributed by atoms with Gasteiger partial charge in [0.25, 0.3) is 5.24 Å². The topological polar surface area (TPSA) is 17.1 Å². The smallest absolute Gasteiger partial charge is 0.275 e. The molecule has 0 aliphatic heterocycles. The van der Waals surface area contributed by atoms with Crippen LogP contribution in [0.3, 0.4) is 0 Å². The fourth-order valence-electron chi connectivity index (χ4n) is 0.920. The predicted molar refractivity (Wildman–Crippen MR) is 46.6 cm³/mol. The maximum absolute atomic E-state index is 13.1. The molecule has 0 N–H and O–H groups in total. The van der Waals surface area contributed by atoms with E-state index in [0.717, 1.165) is 0 Å². The molecule has 7 heteroatoms. The van der Waals surface area contributed by atoms with Gasteiger partial charge in [0.1, 0.15) is 0 Å². The lowest BCUT2D eigenvalue weighted by Crippen LogP contribution is -2.08. The Kier molecular flexibility index (Phi) is 3.25. The molecule has 0 atom stereocenters. The fourth-order valence-corrected chi connectivity index (χ4v) is 1.34. The van der Waals surface area contributed by atoms with Crippen LogP contribution in [0, 0.1) is 5.82 Å². The number of carbonyl (C=O) groups is 1. The van der Waals surface area contributed by atoms with Gasteiger partial charge in [-0.05, 0) is 23.7 Å². The molecule has 1 aromatic rings. The van der Waals surface area contributed by atoms with Gasteiger partial charge in [0.15, 0.2) is 5.82 Å². The van der Waals surface area contributed by atoms with E-state index in [1.807, 2.05) is 0 Å². The first-order valence-corrected chi connectivity index (χ1v) is 4.25. The van der Waals surface area contributed by atoms with Crippen molar-refractivity contribution in [2.45, 2.75) is 6.18 Å². The summed E-state index contributed by atoms with van der Waals surface area (Å²) in [6.45, 7) is 0. The van der Waals surface area contributed by atoms with Crippen molar-refractivity contribution in [2.75, 3.05) is 0 Å². The molecule has 15 heavy (non-hydrogen) atoms. The molecular weight excluding hydrogens is 259 g/mol. The summed E-state index contributed by atoms with van der Waals surface area (Å²) in [6.07, 6.45) is -4.77. The van der Waals surface area contributed by atoms with Gasteiger partial charge in [-0.1, -0.05) is 11.6 Å². The molecule has 0 heterocycles. The Hall–Kier alpha value is -0.810. The van der Waals surface area contributed by atoms with Crippen LogP contribution in [0.4, 0.5) is 17.6 Å². The molecule has 0 amide bonds. The number of rotatable bonds is 1. The van der Waals surface area contributed by atoms with Crippen molar-refractivity contribution in [2.24, 2.45) is 0 Å². The Morgan fingerprint density at radius 1 is 1.27 bits per heavy atom. The molecule has 1 aromatic carbocycles. The maximum Gasteiger partial charge on any atom is 0.417 e. The summed E-state index contributed by atoms with van der Waals surface area (Å²) in [7, 11) is 0. The lowest BCUT2D eigenvalue weighted by Gasteiger charge is -2.10. The second-order valence-electron chi connectivity index (χ2n) is 2.56. The van der Waals surface area contributed by atoms with Gasteiger partial charge in [-0.25, -0.2) is 4.39 Å². The Labute approximate surface area is 91.6 Å². The highest BCUT2D eigenvalue weighted by molar-refractivity contribution is 6.67. The van der Waals surface area contributed by atoms with Crippen LogP contribution in [0.25, 0.3) is 0 Å². The third-order valence-electron chi connectivity index (χ3n) is 1.60. The van der Waals surface area contributed by atoms with Crippen molar-refractivity contribution >= 4 is 28.4 Å². The quantitative estimate of drug-likeness (QED) is 0.553. The van der Waals surface area contributed by atoms with Crippen molar-refractivity contribution in [1.82, 2.24) is 0 Å². The van der Waals surface area contributed by atoms with Gasteiger partial charge >= 0.3 is 6.18 Å². The van der Waals surface area contributed by atoms with Crippen LogP contribution >= 0.6 is 23.2 Å². The van der Waals surface area contributed by atoms with Crippen LogP contribution in [0.2, 0.25) is 5.02 Å². The van der Waals surface area contributed by atoms with Gasteiger partial charge in [0, 0.05) is 0 Å². The van der Waals surface area contributed by atoms with E-state index in [0.29, 0.717) is 12.1 Å². The fraction of sp³-hybridized carbons (Fsp3) is 0.125. The first-order valence-electron chi connectivity index (χ1n) is 3.50. The molecule has 0 aromatic heterocycles. The Balaban J connectivity index is 3.41. The zero-order chi connectivity index (χ0) is 11.8. The monoisotopic (exact) mass is 260 g/mol. The van der Waals surface area contributed by atoms with Gasteiger partial charge in [0.2, 0.25) is 0 Å². The lowest BCUT2D eigenvalue weighted by molar-refractivity contribution is -0.137. The summed E-state index contributed by atoms with van der Waals surface area (Å²) in [5.74, 6) is -1.47. The lowest BCUT2D eigenvalue weighted by atomic mass is 10.1. The number of carbonyl (C=O) groups excluding carboxylic acids is 1. The first kappa shape index (κ1) is 12.3. The minimum Gasteiger partial charge on any atom is -0.275 e. The molecule has 0 saturated carbocycles. The normalized spacial score (nSPS) is 11.6. The highest BCUT2D eigenvalue weighted by atomic mass is 35.5. The summed E-state index contributed by atoms with van der Waals surface area (Å²) in [5, 5.41) is -2.36. The molecule has 0 bridgehead atoms. The molecule has 0 fully saturated rings. The summed E-state index contributed by atoms with van der Waals surface area (Å²) >= 11 is 10.0. The van der Waals surface area contributed by atoms with E-state index in [1.54, 1.807) is 0 Å². The van der Waals surface area contributed by atoms with Gasteiger partial charge in [-0.15, -0.1) is 0 Å². The van der Waals surface area contributed by atoms with E-state index in [4.69, 9.17) is 23.2 Å². The number of alkyl halides is 3. The Bertz CT molecular complexity index is 414. The SMILES string of the molecule is O=C(Cl)c1ccc(C(F)(F)F)c(Cl)c1F. The molecule has 0 aliphatic rings. The van der Waals surface area contributed by atoms with Gasteiger partial charge in [-0.2, -0.15) is 13.2 Å². The van der Waals surface area contributed by atoms with Crippen molar-refractivity contribution in [3.63, 3.8) is 0 Å². The minimum atomic E-state index is -4.77. The molecule has 0 radical (unpaired) electrons. The molecule has 0 unspecified atom stereocenters. The average Bonchev–Trinajstić information content (AvgIpc) is 2.06. The number of hydrogen-bond donors (Lipinski definition) is 0. The molecule has 1 nitrogen and oxygen atoms in total. The van der Waals surface area contributed by atoms with Gasteiger partial charge in [0.05, 0.1) is 16.1 Å². The van der Waals surface area contributed by atoms with E-state index in [9.17, 15) is 22.4 Å². The summed E-state index contributed by atoms with van der Waals surface area (Å²) in [4.78, 5) is 10.6. The highest BCUT2D eigenvalue weighted by Crippen LogP contribution is 2.36. The maximum atomic E-state index is 13.1. The minimum absolute atomic E-state index is 0.501. The van der Waals surface area contributed by atoms with E-state index in [2.05, 4.69) is 0 Å². The van der Waals surface area contributed by atoms with Crippen molar-refractivity contribution in [3.05, 3.63) is 34.1 Å². The zero-order valence-electron chi connectivity index (χ0n) is 6.83. The Morgan fingerprint density at radius 2 is 1.80 bits per heavy atom. The average molecular weight is 261 g/mol. The third kappa shape index (κ3) is 2.41. The van der Waals surface area contributed by atoms with Crippen molar-refractivity contribution < 1.29 is 22.4 Å². The van der Waals surface area contributed by atoms with Crippen LogP contribution in [0.15, 0.2) is 12.1 Å². The van der Waals surface area contributed by atoms with E-state index >= 15 is 0 Å². The largest absolute Gasteiger partial charge is 0.417 e.